The number of halogens is 2. The van der Waals surface area contributed by atoms with E-state index in [1.165, 1.54) is 25.2 Å². The van der Waals surface area contributed by atoms with Crippen molar-refractivity contribution in [1.29, 1.82) is 0 Å². The molecule has 160 valence electrons. The molecule has 0 atom stereocenters. The van der Waals surface area contributed by atoms with Crippen molar-refractivity contribution in [3.63, 3.8) is 0 Å². The molecule has 3 N–H and O–H groups in total. The highest BCUT2D eigenvalue weighted by Gasteiger charge is 2.17. The van der Waals surface area contributed by atoms with E-state index in [1.807, 2.05) is 0 Å². The summed E-state index contributed by atoms with van der Waals surface area (Å²) in [6, 6.07) is 14.6. The van der Waals surface area contributed by atoms with E-state index < -0.39 is 21.7 Å². The Balaban J connectivity index is 1.79. The largest absolute Gasteiger partial charge is 0.355 e. The third-order valence-corrected chi connectivity index (χ3v) is 5.94. The highest BCUT2D eigenvalue weighted by molar-refractivity contribution is 7.92. The summed E-state index contributed by atoms with van der Waals surface area (Å²) in [5, 5.41) is 5.24. The van der Waals surface area contributed by atoms with Crippen molar-refractivity contribution >= 4 is 44.8 Å². The molecule has 0 aliphatic carbocycles. The number of hydrogen-bond donors (Lipinski definition) is 3. The quantitative estimate of drug-likeness (QED) is 0.518. The second kappa shape index (κ2) is 9.15. The van der Waals surface area contributed by atoms with Crippen LogP contribution in [0.5, 0.6) is 0 Å². The van der Waals surface area contributed by atoms with E-state index in [1.54, 1.807) is 24.3 Å². The smallest absolute Gasteiger partial charge is 0.261 e. The third-order valence-electron chi connectivity index (χ3n) is 4.23. The second-order valence-corrected chi connectivity index (χ2v) is 8.45. The summed E-state index contributed by atoms with van der Waals surface area (Å²) in [7, 11) is -2.53. The molecule has 0 heterocycles. The van der Waals surface area contributed by atoms with Crippen LogP contribution in [0.1, 0.15) is 20.7 Å². The summed E-state index contributed by atoms with van der Waals surface area (Å²) < 4.78 is 40.4. The van der Waals surface area contributed by atoms with Gasteiger partial charge in [0.15, 0.2) is 0 Å². The molecule has 3 rings (SSSR count). The number of anilines is 2. The van der Waals surface area contributed by atoms with Crippen LogP contribution in [0.15, 0.2) is 71.6 Å². The molecule has 0 saturated carbocycles. The Morgan fingerprint density at radius 1 is 0.871 bits per heavy atom. The maximum Gasteiger partial charge on any atom is 0.261 e. The first-order chi connectivity index (χ1) is 14.7. The standard InChI is InChI=1S/C21H17ClFN3O4S/c1-24-20(27)13-2-7-16(8-3-13)25-21(28)14-4-11-18(22)19(12-14)26-31(29,30)17-9-5-15(23)6-10-17/h2-12,26H,1H3,(H,24,27)(H,25,28). The van der Waals surface area contributed by atoms with E-state index in [4.69, 9.17) is 11.6 Å². The van der Waals surface area contributed by atoms with Gasteiger partial charge in [-0.2, -0.15) is 0 Å². The van der Waals surface area contributed by atoms with E-state index in [9.17, 15) is 22.4 Å². The van der Waals surface area contributed by atoms with E-state index in [0.717, 1.165) is 24.3 Å². The summed E-state index contributed by atoms with van der Waals surface area (Å²) >= 11 is 6.08. The number of amides is 2. The van der Waals surface area contributed by atoms with E-state index in [-0.39, 0.29) is 27.1 Å². The van der Waals surface area contributed by atoms with Crippen molar-refractivity contribution in [2.45, 2.75) is 4.90 Å². The van der Waals surface area contributed by atoms with Crippen LogP contribution >= 0.6 is 11.6 Å². The van der Waals surface area contributed by atoms with Gasteiger partial charge in [-0.05, 0) is 66.7 Å². The van der Waals surface area contributed by atoms with Gasteiger partial charge in [-0.25, -0.2) is 12.8 Å². The van der Waals surface area contributed by atoms with Crippen molar-refractivity contribution < 1.29 is 22.4 Å². The maximum atomic E-state index is 13.1. The first kappa shape index (κ1) is 22.3. The predicted molar refractivity (Wildman–Crippen MR) is 116 cm³/mol. The molecular weight excluding hydrogens is 445 g/mol. The topological polar surface area (TPSA) is 104 Å². The first-order valence-electron chi connectivity index (χ1n) is 8.91. The van der Waals surface area contributed by atoms with Gasteiger partial charge in [0.05, 0.1) is 15.6 Å². The van der Waals surface area contributed by atoms with E-state index in [2.05, 4.69) is 15.4 Å². The third kappa shape index (κ3) is 5.39. The summed E-state index contributed by atoms with van der Waals surface area (Å²) in [5.74, 6) is -1.33. The van der Waals surface area contributed by atoms with Crippen molar-refractivity contribution in [2.75, 3.05) is 17.1 Å². The minimum Gasteiger partial charge on any atom is -0.355 e. The van der Waals surface area contributed by atoms with Crippen LogP contribution in [-0.4, -0.2) is 27.3 Å². The van der Waals surface area contributed by atoms with Gasteiger partial charge in [-0.1, -0.05) is 11.6 Å². The van der Waals surface area contributed by atoms with Crippen molar-refractivity contribution in [3.8, 4) is 0 Å². The highest BCUT2D eigenvalue weighted by Crippen LogP contribution is 2.26. The van der Waals surface area contributed by atoms with Gasteiger partial charge >= 0.3 is 0 Å². The average Bonchev–Trinajstić information content (AvgIpc) is 2.75. The SMILES string of the molecule is CNC(=O)c1ccc(NC(=O)c2ccc(Cl)c(NS(=O)(=O)c3ccc(F)cc3)c2)cc1. The van der Waals surface area contributed by atoms with Crippen LogP contribution < -0.4 is 15.4 Å². The zero-order valence-electron chi connectivity index (χ0n) is 16.1. The van der Waals surface area contributed by atoms with Crippen LogP contribution in [0, 0.1) is 5.82 Å². The lowest BCUT2D eigenvalue weighted by Gasteiger charge is -2.12. The summed E-state index contributed by atoms with van der Waals surface area (Å²) in [6.07, 6.45) is 0. The average molecular weight is 462 g/mol. The fraction of sp³-hybridized carbons (Fsp3) is 0.0476. The predicted octanol–water partition coefficient (Wildman–Crippen LogP) is 3.89. The van der Waals surface area contributed by atoms with Crippen molar-refractivity contribution in [2.24, 2.45) is 0 Å². The second-order valence-electron chi connectivity index (χ2n) is 6.36. The number of rotatable bonds is 6. The van der Waals surface area contributed by atoms with Gasteiger partial charge < -0.3 is 10.6 Å². The zero-order chi connectivity index (χ0) is 22.6. The van der Waals surface area contributed by atoms with Gasteiger partial charge in [0.2, 0.25) is 0 Å². The van der Waals surface area contributed by atoms with Crippen LogP contribution in [0.3, 0.4) is 0 Å². The molecular formula is C21H17ClFN3O4S. The van der Waals surface area contributed by atoms with Crippen LogP contribution in [0.2, 0.25) is 5.02 Å². The summed E-state index contributed by atoms with van der Waals surface area (Å²) in [4.78, 5) is 24.0. The number of carbonyl (C=O) groups excluding carboxylic acids is 2. The lowest BCUT2D eigenvalue weighted by Crippen LogP contribution is -2.18. The van der Waals surface area contributed by atoms with Crippen LogP contribution in [-0.2, 0) is 10.0 Å². The van der Waals surface area contributed by atoms with E-state index in [0.29, 0.717) is 11.3 Å². The maximum absolute atomic E-state index is 13.1. The molecule has 0 saturated heterocycles. The molecule has 10 heteroatoms. The number of benzene rings is 3. The lowest BCUT2D eigenvalue weighted by molar-refractivity contribution is 0.0962. The Bertz CT molecular complexity index is 1230. The van der Waals surface area contributed by atoms with Gasteiger partial charge in [-0.15, -0.1) is 0 Å². The molecule has 0 spiro atoms. The Morgan fingerprint density at radius 3 is 2.10 bits per heavy atom. The van der Waals surface area contributed by atoms with Gasteiger partial charge in [0.1, 0.15) is 5.82 Å². The van der Waals surface area contributed by atoms with E-state index >= 15 is 0 Å². The Hall–Kier alpha value is -3.43. The van der Waals surface area contributed by atoms with Gasteiger partial charge in [0, 0.05) is 23.9 Å². The molecule has 0 fully saturated rings. The number of sulfonamides is 1. The van der Waals surface area contributed by atoms with Crippen molar-refractivity contribution in [3.05, 3.63) is 88.7 Å². The Morgan fingerprint density at radius 2 is 1.48 bits per heavy atom. The lowest BCUT2D eigenvalue weighted by atomic mass is 10.1. The molecule has 7 nitrogen and oxygen atoms in total. The number of nitrogens with one attached hydrogen (secondary N) is 3. The molecule has 31 heavy (non-hydrogen) atoms. The number of hydrogen-bond acceptors (Lipinski definition) is 4. The monoisotopic (exact) mass is 461 g/mol. The Labute approximate surface area is 183 Å². The van der Waals surface area contributed by atoms with Gasteiger partial charge in [0.25, 0.3) is 21.8 Å². The molecule has 0 aromatic heterocycles. The molecule has 0 radical (unpaired) electrons. The van der Waals surface area contributed by atoms with Gasteiger partial charge in [-0.3, -0.25) is 14.3 Å². The normalized spacial score (nSPS) is 10.9. The van der Waals surface area contributed by atoms with Crippen molar-refractivity contribution in [1.82, 2.24) is 5.32 Å². The minimum absolute atomic E-state index is 0.00592. The first-order valence-corrected chi connectivity index (χ1v) is 10.8. The number of carbonyl (C=O) groups is 2. The molecule has 0 bridgehead atoms. The molecule has 3 aromatic rings. The fourth-order valence-electron chi connectivity index (χ4n) is 2.61. The van der Waals surface area contributed by atoms with Crippen LogP contribution in [0.25, 0.3) is 0 Å². The molecule has 0 aliphatic heterocycles. The van der Waals surface area contributed by atoms with Crippen LogP contribution in [0.4, 0.5) is 15.8 Å². The summed E-state index contributed by atoms with van der Waals surface area (Å²) in [5.41, 5.74) is 1.02. The summed E-state index contributed by atoms with van der Waals surface area (Å²) in [6.45, 7) is 0. The minimum atomic E-state index is -4.04. The fourth-order valence-corrected chi connectivity index (χ4v) is 3.91. The highest BCUT2D eigenvalue weighted by atomic mass is 35.5. The molecule has 2 amide bonds. The zero-order valence-corrected chi connectivity index (χ0v) is 17.7. The molecule has 0 unspecified atom stereocenters. The molecule has 3 aromatic carbocycles. The Kier molecular flexibility index (Phi) is 6.57. The molecule has 0 aliphatic rings.